The Labute approximate surface area is 581 Å². The SMILES string of the molecule is c1ccc(-c2ccc3c(c2)c2cc(-c4cc(-c5ccc6c(c5)c5cc(-c7ccccc7)ccc5n6-c5ccccc5)cc(-n5c6ccccc6c6c5ccc5c7ccccc7n(-c7cccc(-c8ccc9c(c8)c8ccccc8n9-c8ccccc8)n7)c56)c4)ccc2n3-c2ccccc2)cc1. The molecule has 0 saturated carbocycles. The van der Waals surface area contributed by atoms with E-state index in [1.165, 1.54) is 70.9 Å². The summed E-state index contributed by atoms with van der Waals surface area (Å²) in [5.41, 5.74) is 27.1. The van der Waals surface area contributed by atoms with Gasteiger partial charge in [0.25, 0.3) is 0 Å². The minimum Gasteiger partial charge on any atom is -0.309 e. The summed E-state index contributed by atoms with van der Waals surface area (Å²) in [5, 5.41) is 11.9. The van der Waals surface area contributed by atoms with E-state index in [1.54, 1.807) is 0 Å². The predicted molar refractivity (Wildman–Crippen MR) is 423 cm³/mol. The van der Waals surface area contributed by atoms with Gasteiger partial charge in [0, 0.05) is 82.2 Å². The number of pyridine rings is 1. The minimum absolute atomic E-state index is 0.855. The number of fused-ring (bicyclic) bond motifs is 16. The molecule has 0 spiro atoms. The number of aromatic nitrogens is 6. The number of nitrogens with zero attached hydrogens (tertiary/aromatic N) is 6. The minimum atomic E-state index is 0.855. The van der Waals surface area contributed by atoms with Gasteiger partial charge in [-0.3, -0.25) is 4.57 Å². The number of para-hydroxylation sites is 6. The van der Waals surface area contributed by atoms with E-state index in [2.05, 4.69) is 387 Å². The van der Waals surface area contributed by atoms with Crippen molar-refractivity contribution < 1.29 is 0 Å². The Morgan fingerprint density at radius 3 is 0.980 bits per heavy atom. The molecule has 0 fully saturated rings. The summed E-state index contributed by atoms with van der Waals surface area (Å²) < 4.78 is 12.1. The van der Waals surface area contributed by atoms with E-state index in [-0.39, 0.29) is 0 Å². The van der Waals surface area contributed by atoms with Crippen molar-refractivity contribution in [2.45, 2.75) is 0 Å². The van der Waals surface area contributed by atoms with Gasteiger partial charge in [0.15, 0.2) is 0 Å². The van der Waals surface area contributed by atoms with Crippen LogP contribution in [-0.4, -0.2) is 27.8 Å². The van der Waals surface area contributed by atoms with Gasteiger partial charge in [0.05, 0.1) is 60.9 Å². The van der Waals surface area contributed by atoms with Gasteiger partial charge in [-0.25, -0.2) is 4.98 Å². The van der Waals surface area contributed by atoms with Crippen molar-refractivity contribution in [2.24, 2.45) is 0 Å². The van der Waals surface area contributed by atoms with Crippen molar-refractivity contribution in [3.63, 3.8) is 0 Å². The van der Waals surface area contributed by atoms with Gasteiger partial charge in [-0.15, -0.1) is 0 Å². The smallest absolute Gasteiger partial charge is 0.138 e. The number of benzene rings is 15. The second-order valence-corrected chi connectivity index (χ2v) is 26.6. The summed E-state index contributed by atoms with van der Waals surface area (Å²) >= 11 is 0. The van der Waals surface area contributed by atoms with E-state index in [1.807, 2.05) is 0 Å². The number of rotatable bonds is 10. The van der Waals surface area contributed by atoms with Gasteiger partial charge in [0.1, 0.15) is 5.82 Å². The quantitative estimate of drug-likeness (QED) is 0.134. The molecule has 101 heavy (non-hydrogen) atoms. The Morgan fingerprint density at radius 2 is 0.505 bits per heavy atom. The first kappa shape index (κ1) is 56.6. The first-order chi connectivity index (χ1) is 50.1. The highest BCUT2D eigenvalue weighted by atomic mass is 15.1. The molecule has 0 bridgehead atoms. The molecule has 0 unspecified atom stereocenters. The topological polar surface area (TPSA) is 37.5 Å². The summed E-state index contributed by atoms with van der Waals surface area (Å²) in [7, 11) is 0. The summed E-state index contributed by atoms with van der Waals surface area (Å²) in [6.07, 6.45) is 0. The van der Waals surface area contributed by atoms with Crippen LogP contribution in [0.25, 0.3) is 193 Å². The number of hydrogen-bond donors (Lipinski definition) is 0. The third kappa shape index (κ3) is 8.88. The predicted octanol–water partition coefficient (Wildman–Crippen LogP) is 24.9. The van der Waals surface area contributed by atoms with E-state index >= 15 is 0 Å². The Bertz CT molecular complexity index is 6690. The molecule has 0 aliphatic heterocycles. The third-order valence-corrected chi connectivity index (χ3v) is 21.0. The summed E-state index contributed by atoms with van der Waals surface area (Å²) in [5.74, 6) is 0.855. The third-order valence-electron chi connectivity index (χ3n) is 21.0. The molecule has 6 heteroatoms. The van der Waals surface area contributed by atoms with Crippen LogP contribution in [0.1, 0.15) is 0 Å². The molecule has 21 rings (SSSR count). The lowest BCUT2D eigenvalue weighted by Crippen LogP contribution is -1.99. The van der Waals surface area contributed by atoms with E-state index in [0.717, 1.165) is 123 Å². The largest absolute Gasteiger partial charge is 0.309 e. The zero-order valence-electron chi connectivity index (χ0n) is 54.8. The maximum absolute atomic E-state index is 5.68. The van der Waals surface area contributed by atoms with Crippen molar-refractivity contribution in [1.82, 2.24) is 27.8 Å². The zero-order chi connectivity index (χ0) is 66.2. The van der Waals surface area contributed by atoms with E-state index in [4.69, 9.17) is 4.98 Å². The molecule has 0 aliphatic rings. The van der Waals surface area contributed by atoms with Gasteiger partial charge in [0.2, 0.25) is 0 Å². The summed E-state index contributed by atoms with van der Waals surface area (Å²) in [4.78, 5) is 5.68. The molecule has 0 atom stereocenters. The first-order valence-electron chi connectivity index (χ1n) is 34.7. The maximum Gasteiger partial charge on any atom is 0.138 e. The number of hydrogen-bond acceptors (Lipinski definition) is 1. The lowest BCUT2D eigenvalue weighted by atomic mass is 9.95. The van der Waals surface area contributed by atoms with Gasteiger partial charge in [-0.05, 0) is 196 Å². The van der Waals surface area contributed by atoms with E-state index in [0.29, 0.717) is 0 Å². The van der Waals surface area contributed by atoms with E-state index < -0.39 is 0 Å². The van der Waals surface area contributed by atoms with Crippen LogP contribution in [0.5, 0.6) is 0 Å². The van der Waals surface area contributed by atoms with Crippen LogP contribution in [0.15, 0.2) is 364 Å². The lowest BCUT2D eigenvalue weighted by Gasteiger charge is -2.15. The Kier molecular flexibility index (Phi) is 12.6. The molecule has 15 aromatic carbocycles. The van der Waals surface area contributed by atoms with Crippen LogP contribution in [0.3, 0.4) is 0 Å². The Balaban J connectivity index is 0.799. The normalized spacial score (nSPS) is 12.0. The summed E-state index contributed by atoms with van der Waals surface area (Å²) in [6.45, 7) is 0. The van der Waals surface area contributed by atoms with Crippen LogP contribution >= 0.6 is 0 Å². The molecule has 6 aromatic heterocycles. The highest BCUT2D eigenvalue weighted by Gasteiger charge is 2.25. The van der Waals surface area contributed by atoms with Gasteiger partial charge >= 0.3 is 0 Å². The highest BCUT2D eigenvalue weighted by molar-refractivity contribution is 6.26. The molecule has 0 N–H and O–H groups in total. The fourth-order valence-corrected chi connectivity index (χ4v) is 16.5. The fourth-order valence-electron chi connectivity index (χ4n) is 16.5. The highest BCUT2D eigenvalue weighted by Crippen LogP contribution is 2.46. The molecule has 0 radical (unpaired) electrons. The molecule has 6 nitrogen and oxygen atoms in total. The van der Waals surface area contributed by atoms with Crippen LogP contribution in [0.4, 0.5) is 0 Å². The first-order valence-corrected chi connectivity index (χ1v) is 34.7. The second-order valence-electron chi connectivity index (χ2n) is 26.6. The van der Waals surface area contributed by atoms with E-state index in [9.17, 15) is 0 Å². The molecule has 0 amide bonds. The molecule has 21 aromatic rings. The fraction of sp³-hybridized carbons (Fsp3) is 0. The molecular weight excluding hydrogens is 1230 g/mol. The van der Waals surface area contributed by atoms with Crippen LogP contribution in [0.2, 0.25) is 0 Å². The van der Waals surface area contributed by atoms with Crippen LogP contribution < -0.4 is 0 Å². The zero-order valence-corrected chi connectivity index (χ0v) is 54.8. The molecule has 0 saturated heterocycles. The van der Waals surface area contributed by atoms with Crippen molar-refractivity contribution in [3.8, 4) is 84.3 Å². The standard InChI is InChI=1S/C95H60N6/c1-6-23-61(24-7-1)63-41-47-88-79(56-63)81-58-65(43-49-90(81)98(88)71-29-12-4-13-30-71)68-53-69(66-44-50-91-82(59-66)80-57-64(62-25-8-2-9-26-62)42-48-89(80)99(91)72-31-14-5-15-32-72)55-73(54-68)100-86-39-21-18-35-77(86)94-92(100)52-46-76-74-33-16-20-38-85(74)101(95(76)94)93-40-22-36-83(96-93)67-45-51-87-78(60-67)75-34-17-19-37-84(75)97(87)70-27-10-3-11-28-70/h1-60H. The van der Waals surface area contributed by atoms with Crippen LogP contribution in [-0.2, 0) is 0 Å². The maximum atomic E-state index is 5.68. The monoisotopic (exact) mass is 1280 g/mol. The lowest BCUT2D eigenvalue weighted by molar-refractivity contribution is 1.09. The molecule has 0 aliphatic carbocycles. The Hall–Kier alpha value is -13.6. The second kappa shape index (κ2) is 22.5. The van der Waals surface area contributed by atoms with Crippen molar-refractivity contribution >= 4 is 109 Å². The van der Waals surface area contributed by atoms with Gasteiger partial charge in [-0.2, -0.15) is 0 Å². The van der Waals surface area contributed by atoms with Gasteiger partial charge < -0.3 is 18.3 Å². The average Bonchev–Trinajstić information content (AvgIpc) is 1.56. The molecule has 6 heterocycles. The molecule has 470 valence electrons. The summed E-state index contributed by atoms with van der Waals surface area (Å²) in [6, 6.07) is 134. The average molecular weight is 1290 g/mol. The van der Waals surface area contributed by atoms with Crippen LogP contribution in [0, 0.1) is 0 Å². The Morgan fingerprint density at radius 1 is 0.168 bits per heavy atom. The van der Waals surface area contributed by atoms with Crippen molar-refractivity contribution in [3.05, 3.63) is 364 Å². The van der Waals surface area contributed by atoms with Gasteiger partial charge in [-0.1, -0.05) is 212 Å². The van der Waals surface area contributed by atoms with Crippen molar-refractivity contribution in [1.29, 1.82) is 0 Å². The molecular formula is C95H60N6. The van der Waals surface area contributed by atoms with Crippen molar-refractivity contribution in [2.75, 3.05) is 0 Å².